The van der Waals surface area contributed by atoms with Gasteiger partial charge in [-0.15, -0.1) is 0 Å². The van der Waals surface area contributed by atoms with Crippen LogP contribution in [-0.4, -0.2) is 66.3 Å². The number of rotatable bonds is 2. The number of hydrogen-bond donors (Lipinski definition) is 1. The van der Waals surface area contributed by atoms with Gasteiger partial charge in [-0.1, -0.05) is 0 Å². The zero-order valence-corrected chi connectivity index (χ0v) is 9.92. The first-order valence-corrected chi connectivity index (χ1v) is 5.37. The molecule has 1 heterocycles. The summed E-state index contributed by atoms with van der Waals surface area (Å²) in [6.07, 6.45) is -5.35. The van der Waals surface area contributed by atoms with E-state index in [-0.39, 0.29) is 38.4 Å². The highest BCUT2D eigenvalue weighted by atomic mass is 19.4. The van der Waals surface area contributed by atoms with E-state index in [9.17, 15) is 23.1 Å². The van der Waals surface area contributed by atoms with E-state index in [1.54, 1.807) is 19.0 Å². The Labute approximate surface area is 98.0 Å². The molecule has 1 amide bonds. The number of amides is 1. The molecule has 1 aliphatic rings. The Morgan fingerprint density at radius 2 is 1.82 bits per heavy atom. The highest BCUT2D eigenvalue weighted by Crippen LogP contribution is 2.38. The highest BCUT2D eigenvalue weighted by molar-refractivity contribution is 5.77. The van der Waals surface area contributed by atoms with Crippen LogP contribution in [0.2, 0.25) is 0 Å². The molecule has 0 aromatic rings. The Balaban J connectivity index is 2.49. The molecule has 0 atom stereocenters. The van der Waals surface area contributed by atoms with Gasteiger partial charge in [-0.25, -0.2) is 0 Å². The van der Waals surface area contributed by atoms with E-state index in [0.29, 0.717) is 0 Å². The minimum Gasteiger partial charge on any atom is -0.380 e. The van der Waals surface area contributed by atoms with Crippen LogP contribution >= 0.6 is 0 Å². The quantitative estimate of drug-likeness (QED) is 0.778. The lowest BCUT2D eigenvalue weighted by Gasteiger charge is -2.39. The van der Waals surface area contributed by atoms with Crippen LogP contribution in [0.5, 0.6) is 0 Å². The smallest absolute Gasteiger partial charge is 0.380 e. The van der Waals surface area contributed by atoms with Crippen LogP contribution in [0.4, 0.5) is 13.2 Å². The van der Waals surface area contributed by atoms with Crippen molar-refractivity contribution >= 4 is 5.91 Å². The minimum atomic E-state index is -4.59. The highest BCUT2D eigenvalue weighted by Gasteiger charge is 2.54. The molecule has 1 saturated heterocycles. The van der Waals surface area contributed by atoms with Crippen molar-refractivity contribution in [3.05, 3.63) is 0 Å². The van der Waals surface area contributed by atoms with Crippen molar-refractivity contribution in [2.45, 2.75) is 24.6 Å². The van der Waals surface area contributed by atoms with Gasteiger partial charge in [0.1, 0.15) is 0 Å². The lowest BCUT2D eigenvalue weighted by molar-refractivity contribution is -0.272. The second-order valence-electron chi connectivity index (χ2n) is 4.59. The molecule has 7 heteroatoms. The maximum Gasteiger partial charge on any atom is 0.417 e. The Kier molecular flexibility index (Phi) is 4.03. The predicted octanol–water partition coefficient (Wildman–Crippen LogP) is 0.464. The fraction of sp³-hybridized carbons (Fsp3) is 0.900. The second-order valence-corrected chi connectivity index (χ2v) is 4.59. The lowest BCUT2D eigenvalue weighted by Crippen LogP contribution is -2.54. The summed E-state index contributed by atoms with van der Waals surface area (Å²) in [5.41, 5.74) is -2.59. The summed E-state index contributed by atoms with van der Waals surface area (Å²) in [5.74, 6) is -0.151. The van der Waals surface area contributed by atoms with Crippen molar-refractivity contribution in [2.75, 3.05) is 33.7 Å². The van der Waals surface area contributed by atoms with Crippen molar-refractivity contribution in [3.8, 4) is 0 Å². The standard InChI is InChI=1S/C10H17F3N2O2/c1-14(2)8(16)7-15-5-3-9(17,4-6-15)10(11,12)13/h17H,3-7H2,1-2H3. The van der Waals surface area contributed by atoms with Gasteiger partial charge in [0.2, 0.25) is 5.91 Å². The van der Waals surface area contributed by atoms with Gasteiger partial charge in [-0.05, 0) is 12.8 Å². The molecule has 0 spiro atoms. The molecule has 1 N–H and O–H groups in total. The second kappa shape index (κ2) is 4.81. The molecule has 0 unspecified atom stereocenters. The van der Waals surface area contributed by atoms with Gasteiger partial charge < -0.3 is 10.0 Å². The first kappa shape index (κ1) is 14.2. The van der Waals surface area contributed by atoms with Crippen LogP contribution in [0.25, 0.3) is 0 Å². The summed E-state index contributed by atoms with van der Waals surface area (Å²) in [6, 6.07) is 0. The molecule has 1 rings (SSSR count). The largest absolute Gasteiger partial charge is 0.417 e. The number of piperidine rings is 1. The average molecular weight is 254 g/mol. The van der Waals surface area contributed by atoms with Crippen molar-refractivity contribution in [1.82, 2.24) is 9.80 Å². The van der Waals surface area contributed by atoms with Crippen LogP contribution in [0.3, 0.4) is 0 Å². The van der Waals surface area contributed by atoms with Gasteiger partial charge in [0.25, 0.3) is 0 Å². The molecule has 100 valence electrons. The predicted molar refractivity (Wildman–Crippen MR) is 55.4 cm³/mol. The number of carbonyl (C=O) groups is 1. The number of likely N-dealkylation sites (N-methyl/N-ethyl adjacent to an activating group) is 1. The fourth-order valence-electron chi connectivity index (χ4n) is 1.70. The monoisotopic (exact) mass is 254 g/mol. The summed E-state index contributed by atoms with van der Waals surface area (Å²) >= 11 is 0. The fourth-order valence-corrected chi connectivity index (χ4v) is 1.70. The van der Waals surface area contributed by atoms with Crippen LogP contribution in [0.1, 0.15) is 12.8 Å². The van der Waals surface area contributed by atoms with Crippen molar-refractivity contribution < 1.29 is 23.1 Å². The molecule has 17 heavy (non-hydrogen) atoms. The normalized spacial score (nSPS) is 21.3. The van der Waals surface area contributed by atoms with Crippen LogP contribution < -0.4 is 0 Å². The third-order valence-corrected chi connectivity index (χ3v) is 3.07. The number of aliphatic hydroxyl groups is 1. The maximum absolute atomic E-state index is 12.5. The zero-order valence-electron chi connectivity index (χ0n) is 9.92. The van der Waals surface area contributed by atoms with E-state index in [1.165, 1.54) is 4.90 Å². The molecular formula is C10H17F3N2O2. The van der Waals surface area contributed by atoms with E-state index in [4.69, 9.17) is 0 Å². The molecule has 0 saturated carbocycles. The molecule has 4 nitrogen and oxygen atoms in total. The maximum atomic E-state index is 12.5. The Bertz CT molecular complexity index is 284. The van der Waals surface area contributed by atoms with E-state index in [0.717, 1.165) is 0 Å². The number of likely N-dealkylation sites (tertiary alicyclic amines) is 1. The van der Waals surface area contributed by atoms with E-state index >= 15 is 0 Å². The van der Waals surface area contributed by atoms with E-state index in [2.05, 4.69) is 0 Å². The van der Waals surface area contributed by atoms with Gasteiger partial charge in [-0.3, -0.25) is 9.69 Å². The summed E-state index contributed by atoms with van der Waals surface area (Å²) in [7, 11) is 3.19. The summed E-state index contributed by atoms with van der Waals surface area (Å²) in [4.78, 5) is 14.4. The van der Waals surface area contributed by atoms with Crippen LogP contribution in [-0.2, 0) is 4.79 Å². The Morgan fingerprint density at radius 3 is 2.18 bits per heavy atom. The molecule has 0 radical (unpaired) electrons. The molecule has 0 aromatic carbocycles. The number of carbonyl (C=O) groups excluding carboxylic acids is 1. The van der Waals surface area contributed by atoms with Gasteiger partial charge >= 0.3 is 6.18 Å². The van der Waals surface area contributed by atoms with Gasteiger partial charge in [0.05, 0.1) is 6.54 Å². The Morgan fingerprint density at radius 1 is 1.35 bits per heavy atom. The molecule has 0 bridgehead atoms. The first-order chi connectivity index (χ1) is 7.66. The van der Waals surface area contributed by atoms with E-state index < -0.39 is 11.8 Å². The zero-order chi connectivity index (χ0) is 13.3. The first-order valence-electron chi connectivity index (χ1n) is 5.37. The molecule has 1 fully saturated rings. The minimum absolute atomic E-state index is 0.0790. The molecule has 0 aromatic heterocycles. The molecular weight excluding hydrogens is 237 g/mol. The van der Waals surface area contributed by atoms with Crippen LogP contribution in [0.15, 0.2) is 0 Å². The number of halogens is 3. The van der Waals surface area contributed by atoms with Crippen LogP contribution in [0, 0.1) is 0 Å². The summed E-state index contributed by atoms with van der Waals surface area (Å²) in [5, 5.41) is 9.42. The Hall–Kier alpha value is -0.820. The third-order valence-electron chi connectivity index (χ3n) is 3.07. The topological polar surface area (TPSA) is 43.8 Å². The lowest BCUT2D eigenvalue weighted by atomic mass is 9.91. The van der Waals surface area contributed by atoms with Crippen molar-refractivity contribution in [1.29, 1.82) is 0 Å². The number of hydrogen-bond acceptors (Lipinski definition) is 3. The number of alkyl halides is 3. The third kappa shape index (κ3) is 3.32. The average Bonchev–Trinajstić information content (AvgIpc) is 2.19. The number of nitrogens with zero attached hydrogens (tertiary/aromatic N) is 2. The van der Waals surface area contributed by atoms with Gasteiger partial charge in [0, 0.05) is 27.2 Å². The molecule has 0 aliphatic carbocycles. The molecule has 1 aliphatic heterocycles. The van der Waals surface area contributed by atoms with Gasteiger partial charge in [0.15, 0.2) is 5.60 Å². The van der Waals surface area contributed by atoms with E-state index in [1.807, 2.05) is 0 Å². The SMILES string of the molecule is CN(C)C(=O)CN1CCC(O)(C(F)(F)F)CC1. The van der Waals surface area contributed by atoms with Gasteiger partial charge in [-0.2, -0.15) is 13.2 Å². The van der Waals surface area contributed by atoms with Crippen molar-refractivity contribution in [2.24, 2.45) is 0 Å². The van der Waals surface area contributed by atoms with Crippen molar-refractivity contribution in [3.63, 3.8) is 0 Å². The summed E-state index contributed by atoms with van der Waals surface area (Å²) in [6.45, 7) is 0.256. The summed E-state index contributed by atoms with van der Waals surface area (Å²) < 4.78 is 37.5.